The number of quaternary nitrogens is 1. The number of ether oxygens (including phenoxy) is 1. The third-order valence-electron chi connectivity index (χ3n) is 2.53. The van der Waals surface area contributed by atoms with Gasteiger partial charge in [-0.25, -0.2) is 4.79 Å². The minimum absolute atomic E-state index is 0. The second kappa shape index (κ2) is 7.71. The van der Waals surface area contributed by atoms with Crippen LogP contribution in [0.5, 0.6) is 0 Å². The number of halogens is 1. The van der Waals surface area contributed by atoms with E-state index in [0.29, 0.717) is 4.48 Å². The van der Waals surface area contributed by atoms with E-state index in [1.54, 1.807) is 0 Å². The van der Waals surface area contributed by atoms with Gasteiger partial charge in [-0.15, -0.1) is 0 Å². The van der Waals surface area contributed by atoms with Gasteiger partial charge < -0.3 is 17.1 Å². The lowest BCUT2D eigenvalue weighted by Crippen LogP contribution is -3.00. The Bertz CT molecular complexity index is 205. The number of carbonyl (C=O) groups is 1. The van der Waals surface area contributed by atoms with Gasteiger partial charge in [0.05, 0.1) is 20.6 Å². The molecule has 0 N–H and O–H groups in total. The number of hydrogen-bond donors (Lipinski definition) is 0. The summed E-state index contributed by atoms with van der Waals surface area (Å²) in [6, 6.07) is 0. The van der Waals surface area contributed by atoms with Gasteiger partial charge in [-0.05, 0) is 6.42 Å². The maximum Gasteiger partial charge on any atom is 0.334 e. The average molecular weight is 236 g/mol. The van der Waals surface area contributed by atoms with Gasteiger partial charge in [-0.2, -0.15) is 0 Å². The molecule has 0 heterocycles. The van der Waals surface area contributed by atoms with E-state index in [1.807, 2.05) is 6.92 Å². The molecule has 4 heteroatoms. The molecule has 15 heavy (non-hydrogen) atoms. The van der Waals surface area contributed by atoms with Crippen molar-refractivity contribution in [1.82, 2.24) is 0 Å². The van der Waals surface area contributed by atoms with Crippen LogP contribution in [0.25, 0.3) is 0 Å². The van der Waals surface area contributed by atoms with E-state index in [1.165, 1.54) is 6.08 Å². The minimum atomic E-state index is -0.347. The summed E-state index contributed by atoms with van der Waals surface area (Å²) in [6.45, 7) is 8.46. The maximum absolute atomic E-state index is 11.0. The third kappa shape index (κ3) is 6.52. The molecule has 0 radical (unpaired) electrons. The van der Waals surface area contributed by atoms with Gasteiger partial charge in [-0.3, -0.25) is 4.48 Å². The van der Waals surface area contributed by atoms with Crippen LogP contribution in [0.3, 0.4) is 0 Å². The molecule has 0 aromatic heterocycles. The van der Waals surface area contributed by atoms with E-state index in [2.05, 4.69) is 27.6 Å². The molecular formula is C11H22ClNO2. The van der Waals surface area contributed by atoms with Crippen molar-refractivity contribution in [3.63, 3.8) is 0 Å². The zero-order chi connectivity index (χ0) is 11.2. The smallest absolute Gasteiger partial charge is 0.334 e. The van der Waals surface area contributed by atoms with Crippen molar-refractivity contribution in [1.29, 1.82) is 0 Å². The van der Waals surface area contributed by atoms with E-state index in [0.717, 1.165) is 19.4 Å². The Morgan fingerprint density at radius 3 is 2.47 bits per heavy atom. The summed E-state index contributed by atoms with van der Waals surface area (Å²) >= 11 is 0. The van der Waals surface area contributed by atoms with Gasteiger partial charge in [-0.1, -0.05) is 19.9 Å². The first-order valence-electron chi connectivity index (χ1n) is 5.09. The summed E-state index contributed by atoms with van der Waals surface area (Å²) in [6.07, 6.45) is 3.38. The van der Waals surface area contributed by atoms with Crippen molar-refractivity contribution < 1.29 is 26.4 Å². The molecule has 0 aromatic rings. The van der Waals surface area contributed by atoms with Gasteiger partial charge >= 0.3 is 5.97 Å². The van der Waals surface area contributed by atoms with Crippen LogP contribution in [0.15, 0.2) is 12.7 Å². The van der Waals surface area contributed by atoms with Crippen molar-refractivity contribution in [3.05, 3.63) is 12.7 Å². The van der Waals surface area contributed by atoms with E-state index in [4.69, 9.17) is 4.74 Å². The summed E-state index contributed by atoms with van der Waals surface area (Å²) in [5.41, 5.74) is 0. The molecule has 0 spiro atoms. The van der Waals surface area contributed by atoms with Crippen LogP contribution >= 0.6 is 0 Å². The average Bonchev–Trinajstić information content (AvgIpc) is 2.14. The van der Waals surface area contributed by atoms with Crippen molar-refractivity contribution in [2.45, 2.75) is 32.9 Å². The second-order valence-electron chi connectivity index (χ2n) is 4.10. The number of rotatable bonds is 6. The fraction of sp³-hybridized carbons (Fsp3) is 0.727. The molecule has 0 saturated carbocycles. The molecule has 0 aromatic carbocycles. The number of hydrogen-bond acceptors (Lipinski definition) is 2. The molecule has 0 aliphatic rings. The third-order valence-corrected chi connectivity index (χ3v) is 2.53. The SMILES string of the molecule is C=CC(=O)OC(C)[N+](C)(C)CCCC.[Cl-]. The highest BCUT2D eigenvalue weighted by atomic mass is 35.5. The van der Waals surface area contributed by atoms with Crippen LogP contribution in [-0.2, 0) is 9.53 Å². The van der Waals surface area contributed by atoms with Gasteiger partial charge in [0.25, 0.3) is 0 Å². The highest BCUT2D eigenvalue weighted by Gasteiger charge is 2.25. The molecule has 0 rings (SSSR count). The van der Waals surface area contributed by atoms with Crippen LogP contribution in [0.2, 0.25) is 0 Å². The number of carbonyl (C=O) groups excluding carboxylic acids is 1. The Balaban J connectivity index is 0. The molecule has 1 atom stereocenters. The summed E-state index contributed by atoms with van der Waals surface area (Å²) in [5, 5.41) is 0. The molecule has 0 aliphatic carbocycles. The number of esters is 1. The monoisotopic (exact) mass is 235 g/mol. The van der Waals surface area contributed by atoms with Gasteiger partial charge in [0.15, 0.2) is 0 Å². The minimum Gasteiger partial charge on any atom is -1.00 e. The van der Waals surface area contributed by atoms with E-state index in [-0.39, 0.29) is 24.6 Å². The van der Waals surface area contributed by atoms with Crippen molar-refractivity contribution in [2.75, 3.05) is 20.6 Å². The highest BCUT2D eigenvalue weighted by molar-refractivity contribution is 5.81. The lowest BCUT2D eigenvalue weighted by atomic mass is 10.3. The Morgan fingerprint density at radius 1 is 1.53 bits per heavy atom. The van der Waals surface area contributed by atoms with Gasteiger partial charge in [0.2, 0.25) is 6.23 Å². The summed E-state index contributed by atoms with van der Waals surface area (Å²) in [5.74, 6) is -0.347. The summed E-state index contributed by atoms with van der Waals surface area (Å²) < 4.78 is 5.88. The van der Waals surface area contributed by atoms with Crippen LogP contribution in [0.4, 0.5) is 0 Å². The molecule has 0 amide bonds. The first kappa shape index (κ1) is 16.9. The first-order chi connectivity index (χ1) is 6.44. The zero-order valence-corrected chi connectivity index (χ0v) is 10.9. The van der Waals surface area contributed by atoms with Crippen molar-refractivity contribution >= 4 is 5.97 Å². The Labute approximate surface area is 99.1 Å². The van der Waals surface area contributed by atoms with E-state index >= 15 is 0 Å². The predicted molar refractivity (Wildman–Crippen MR) is 57.6 cm³/mol. The second-order valence-corrected chi connectivity index (χ2v) is 4.10. The van der Waals surface area contributed by atoms with E-state index < -0.39 is 0 Å². The van der Waals surface area contributed by atoms with Gasteiger partial charge in [0, 0.05) is 13.0 Å². The molecule has 1 unspecified atom stereocenters. The molecule has 0 saturated heterocycles. The molecule has 90 valence electrons. The Morgan fingerprint density at radius 2 is 2.07 bits per heavy atom. The quantitative estimate of drug-likeness (QED) is 0.254. The Kier molecular flexibility index (Phi) is 8.68. The molecule has 0 aliphatic heterocycles. The van der Waals surface area contributed by atoms with Crippen molar-refractivity contribution in [3.8, 4) is 0 Å². The summed E-state index contributed by atoms with van der Waals surface area (Å²) in [4.78, 5) is 11.0. The highest BCUT2D eigenvalue weighted by Crippen LogP contribution is 2.10. The Hall–Kier alpha value is -0.540. The van der Waals surface area contributed by atoms with Crippen LogP contribution in [0, 0.1) is 0 Å². The lowest BCUT2D eigenvalue weighted by Gasteiger charge is -2.34. The van der Waals surface area contributed by atoms with Crippen molar-refractivity contribution in [2.24, 2.45) is 0 Å². The fourth-order valence-corrected chi connectivity index (χ4v) is 1.11. The predicted octanol–water partition coefficient (Wildman–Crippen LogP) is -1.06. The molecule has 0 fully saturated rings. The van der Waals surface area contributed by atoms with Gasteiger partial charge in [0.1, 0.15) is 0 Å². The standard InChI is InChI=1S/C11H22NO2.ClH/c1-6-8-9-12(4,5)10(3)14-11(13)7-2;/h7,10H,2,6,8-9H2,1,3-5H3;1H/q+1;/p-1. The van der Waals surface area contributed by atoms with E-state index in [9.17, 15) is 4.79 Å². The number of nitrogens with zero attached hydrogens (tertiary/aromatic N) is 1. The summed E-state index contributed by atoms with van der Waals surface area (Å²) in [7, 11) is 4.13. The fourth-order valence-electron chi connectivity index (χ4n) is 1.11. The maximum atomic E-state index is 11.0. The van der Waals surface area contributed by atoms with Crippen LogP contribution < -0.4 is 12.4 Å². The first-order valence-corrected chi connectivity index (χ1v) is 5.09. The molecule has 0 bridgehead atoms. The number of unbranched alkanes of at least 4 members (excludes halogenated alkanes) is 1. The largest absolute Gasteiger partial charge is 1.00 e. The topological polar surface area (TPSA) is 26.3 Å². The zero-order valence-electron chi connectivity index (χ0n) is 10.1. The molecule has 3 nitrogen and oxygen atoms in total. The van der Waals surface area contributed by atoms with Crippen LogP contribution in [0.1, 0.15) is 26.7 Å². The lowest BCUT2D eigenvalue weighted by molar-refractivity contribution is -0.932. The normalized spacial score (nSPS) is 12.5. The molecular weight excluding hydrogens is 214 g/mol. The van der Waals surface area contributed by atoms with Crippen LogP contribution in [-0.4, -0.2) is 37.3 Å².